The molecule has 27 heavy (non-hydrogen) atoms. The predicted molar refractivity (Wildman–Crippen MR) is 101 cm³/mol. The summed E-state index contributed by atoms with van der Waals surface area (Å²) in [5.74, 6) is -0.747. The van der Waals surface area contributed by atoms with E-state index in [1.54, 1.807) is 35.2 Å². The zero-order valence-corrected chi connectivity index (χ0v) is 14.6. The Balaban J connectivity index is 1.36. The molecule has 2 aromatic carbocycles. The van der Waals surface area contributed by atoms with E-state index in [4.69, 9.17) is 4.42 Å². The molecule has 3 aromatic rings. The second-order valence-electron chi connectivity index (χ2n) is 6.65. The molecule has 4 rings (SSSR count). The van der Waals surface area contributed by atoms with Crippen LogP contribution in [0.15, 0.2) is 57.7 Å². The number of hydrogen-bond acceptors (Lipinski definition) is 4. The minimum Gasteiger partial charge on any atom is -0.408 e. The third-order valence-electron chi connectivity index (χ3n) is 4.86. The summed E-state index contributed by atoms with van der Waals surface area (Å²) in [6, 6.07) is 14.2. The van der Waals surface area contributed by atoms with Gasteiger partial charge in [-0.15, -0.1) is 0 Å². The maximum atomic E-state index is 12.5. The Morgan fingerprint density at radius 2 is 1.81 bits per heavy atom. The van der Waals surface area contributed by atoms with Gasteiger partial charge in [-0.1, -0.05) is 18.2 Å². The molecule has 0 aliphatic carbocycles. The Morgan fingerprint density at radius 1 is 1.07 bits per heavy atom. The molecule has 0 saturated carbocycles. The van der Waals surface area contributed by atoms with Gasteiger partial charge >= 0.3 is 5.76 Å². The molecule has 2 amide bonds. The molecule has 2 N–H and O–H groups in total. The number of rotatable bonds is 3. The Hall–Kier alpha value is -3.35. The molecule has 0 bridgehead atoms. The van der Waals surface area contributed by atoms with E-state index in [0.29, 0.717) is 48.3 Å². The first-order valence-electron chi connectivity index (χ1n) is 8.88. The van der Waals surface area contributed by atoms with Gasteiger partial charge in [-0.2, -0.15) is 0 Å². The van der Waals surface area contributed by atoms with Crippen LogP contribution in [0.1, 0.15) is 23.2 Å². The number of piperidine rings is 1. The lowest BCUT2D eigenvalue weighted by molar-refractivity contribution is -0.121. The summed E-state index contributed by atoms with van der Waals surface area (Å²) < 4.78 is 4.95. The highest BCUT2D eigenvalue weighted by atomic mass is 16.4. The first kappa shape index (κ1) is 17.1. The zero-order valence-electron chi connectivity index (χ0n) is 14.6. The SMILES string of the molecule is O=C(Nc1ccc2oc(=O)[nH]c2c1)C1CCN(C(=O)c2ccccc2)CC1. The molecular weight excluding hydrogens is 346 g/mol. The lowest BCUT2D eigenvalue weighted by Crippen LogP contribution is -2.41. The first-order valence-corrected chi connectivity index (χ1v) is 8.88. The van der Waals surface area contributed by atoms with Crippen molar-refractivity contribution in [3.63, 3.8) is 0 Å². The molecule has 1 fully saturated rings. The van der Waals surface area contributed by atoms with Crippen molar-refractivity contribution in [2.75, 3.05) is 18.4 Å². The number of likely N-dealkylation sites (tertiary alicyclic amines) is 1. The Kier molecular flexibility index (Phi) is 4.50. The fourth-order valence-corrected chi connectivity index (χ4v) is 3.38. The molecule has 7 nitrogen and oxygen atoms in total. The van der Waals surface area contributed by atoms with Crippen LogP contribution in [0, 0.1) is 5.92 Å². The number of benzene rings is 2. The van der Waals surface area contributed by atoms with Gasteiger partial charge in [0.2, 0.25) is 5.91 Å². The number of hydrogen-bond donors (Lipinski definition) is 2. The summed E-state index contributed by atoms with van der Waals surface area (Å²) in [6.07, 6.45) is 1.24. The van der Waals surface area contributed by atoms with Gasteiger partial charge in [0.15, 0.2) is 5.58 Å². The average Bonchev–Trinajstić information content (AvgIpc) is 3.07. The number of nitrogens with zero attached hydrogens (tertiary/aromatic N) is 1. The second kappa shape index (κ2) is 7.11. The van der Waals surface area contributed by atoms with Crippen molar-refractivity contribution in [1.82, 2.24) is 9.88 Å². The third kappa shape index (κ3) is 3.62. The van der Waals surface area contributed by atoms with Gasteiger partial charge in [-0.3, -0.25) is 14.6 Å². The van der Waals surface area contributed by atoms with E-state index in [1.165, 1.54) is 0 Å². The number of nitrogens with one attached hydrogen (secondary N) is 2. The van der Waals surface area contributed by atoms with E-state index in [1.807, 2.05) is 18.2 Å². The fraction of sp³-hybridized carbons (Fsp3) is 0.250. The number of carbonyl (C=O) groups excluding carboxylic acids is 2. The van der Waals surface area contributed by atoms with Crippen LogP contribution in [0.5, 0.6) is 0 Å². The number of amides is 2. The molecule has 1 aliphatic heterocycles. The maximum Gasteiger partial charge on any atom is 0.417 e. The Labute approximate surface area is 155 Å². The lowest BCUT2D eigenvalue weighted by atomic mass is 9.95. The van der Waals surface area contributed by atoms with Crippen molar-refractivity contribution in [2.24, 2.45) is 5.92 Å². The lowest BCUT2D eigenvalue weighted by Gasteiger charge is -2.31. The topological polar surface area (TPSA) is 95.4 Å². The van der Waals surface area contributed by atoms with Crippen molar-refractivity contribution in [3.8, 4) is 0 Å². The van der Waals surface area contributed by atoms with Crippen LogP contribution in [0.25, 0.3) is 11.1 Å². The number of H-pyrrole nitrogens is 1. The summed E-state index contributed by atoms with van der Waals surface area (Å²) in [7, 11) is 0. The molecular formula is C20H19N3O4. The molecule has 1 saturated heterocycles. The smallest absolute Gasteiger partial charge is 0.408 e. The van der Waals surface area contributed by atoms with Crippen LogP contribution in [-0.2, 0) is 4.79 Å². The van der Waals surface area contributed by atoms with Crippen molar-refractivity contribution in [2.45, 2.75) is 12.8 Å². The molecule has 7 heteroatoms. The van der Waals surface area contributed by atoms with Gasteiger partial charge in [-0.05, 0) is 43.2 Å². The molecule has 138 valence electrons. The number of anilines is 1. The normalized spacial score (nSPS) is 15.0. The van der Waals surface area contributed by atoms with Gasteiger partial charge in [0.25, 0.3) is 5.91 Å². The van der Waals surface area contributed by atoms with Gasteiger partial charge < -0.3 is 14.6 Å². The van der Waals surface area contributed by atoms with Crippen LogP contribution in [0.2, 0.25) is 0 Å². The minimum absolute atomic E-state index is 0.00354. The molecule has 1 aromatic heterocycles. The fourth-order valence-electron chi connectivity index (χ4n) is 3.38. The Bertz CT molecular complexity index is 1030. The maximum absolute atomic E-state index is 12.5. The largest absolute Gasteiger partial charge is 0.417 e. The number of carbonyl (C=O) groups is 2. The molecule has 0 spiro atoms. The van der Waals surface area contributed by atoms with Crippen molar-refractivity contribution < 1.29 is 14.0 Å². The number of aromatic amines is 1. The van der Waals surface area contributed by atoms with E-state index < -0.39 is 5.76 Å². The van der Waals surface area contributed by atoms with E-state index >= 15 is 0 Å². The molecule has 0 atom stereocenters. The minimum atomic E-state index is -0.524. The number of fused-ring (bicyclic) bond motifs is 1. The summed E-state index contributed by atoms with van der Waals surface area (Å²) >= 11 is 0. The summed E-state index contributed by atoms with van der Waals surface area (Å²) in [4.78, 5) is 40.6. The van der Waals surface area contributed by atoms with Crippen molar-refractivity contribution >= 4 is 28.6 Å². The number of aromatic nitrogens is 1. The molecule has 1 aliphatic rings. The number of oxazole rings is 1. The molecule has 0 radical (unpaired) electrons. The first-order chi connectivity index (χ1) is 13.1. The molecule has 2 heterocycles. The summed E-state index contributed by atoms with van der Waals surface area (Å²) in [6.45, 7) is 1.11. The van der Waals surface area contributed by atoms with E-state index in [2.05, 4.69) is 10.3 Å². The quantitative estimate of drug-likeness (QED) is 0.746. The van der Waals surface area contributed by atoms with Crippen LogP contribution in [-0.4, -0.2) is 34.8 Å². The van der Waals surface area contributed by atoms with Crippen molar-refractivity contribution in [3.05, 3.63) is 64.6 Å². The summed E-state index contributed by atoms with van der Waals surface area (Å²) in [5, 5.41) is 2.88. The van der Waals surface area contributed by atoms with Crippen LogP contribution in [0.4, 0.5) is 5.69 Å². The highest BCUT2D eigenvalue weighted by Crippen LogP contribution is 2.22. The highest BCUT2D eigenvalue weighted by molar-refractivity contribution is 5.96. The van der Waals surface area contributed by atoms with Crippen LogP contribution in [0.3, 0.4) is 0 Å². The van der Waals surface area contributed by atoms with Gasteiger partial charge in [0, 0.05) is 30.3 Å². The van der Waals surface area contributed by atoms with Gasteiger partial charge in [0.05, 0.1) is 5.52 Å². The third-order valence-corrected chi connectivity index (χ3v) is 4.86. The Morgan fingerprint density at radius 3 is 2.56 bits per heavy atom. The predicted octanol–water partition coefficient (Wildman–Crippen LogP) is 2.61. The van der Waals surface area contributed by atoms with Gasteiger partial charge in [0.1, 0.15) is 0 Å². The van der Waals surface area contributed by atoms with Gasteiger partial charge in [-0.25, -0.2) is 4.79 Å². The monoisotopic (exact) mass is 365 g/mol. The van der Waals surface area contributed by atoms with E-state index in [9.17, 15) is 14.4 Å². The second-order valence-corrected chi connectivity index (χ2v) is 6.65. The van der Waals surface area contributed by atoms with Crippen molar-refractivity contribution in [1.29, 1.82) is 0 Å². The van der Waals surface area contributed by atoms with E-state index in [0.717, 1.165) is 0 Å². The van der Waals surface area contributed by atoms with E-state index in [-0.39, 0.29) is 17.7 Å². The molecule has 0 unspecified atom stereocenters. The van der Waals surface area contributed by atoms with Crippen LogP contribution >= 0.6 is 0 Å². The summed E-state index contributed by atoms with van der Waals surface area (Å²) in [5.41, 5.74) is 2.27. The zero-order chi connectivity index (χ0) is 18.8. The highest BCUT2D eigenvalue weighted by Gasteiger charge is 2.27. The average molecular weight is 365 g/mol. The van der Waals surface area contributed by atoms with Crippen LogP contribution < -0.4 is 11.1 Å². The standard InChI is InChI=1S/C20H19N3O4/c24-18(21-15-6-7-17-16(12-15)22-20(26)27-17)13-8-10-23(11-9-13)19(25)14-4-2-1-3-5-14/h1-7,12-13H,8-11H2,(H,21,24)(H,22,26).